The molecule has 0 aliphatic carbocycles. The van der Waals surface area contributed by atoms with Crippen LogP contribution < -0.4 is 9.64 Å². The van der Waals surface area contributed by atoms with Crippen molar-refractivity contribution in [2.24, 2.45) is 0 Å². The summed E-state index contributed by atoms with van der Waals surface area (Å²) in [5, 5.41) is 4.35. The molecule has 10 rings (SSSR count). The summed E-state index contributed by atoms with van der Waals surface area (Å²) < 4.78 is 15.7. The number of nitrogens with zero attached hydrogens (tertiary/aromatic N) is 4. The predicted octanol–water partition coefficient (Wildman–Crippen LogP) is 13.6. The first-order valence-electron chi connectivity index (χ1n) is 20.1. The number of benzene rings is 6. The van der Waals surface area contributed by atoms with Crippen molar-refractivity contribution in [3.63, 3.8) is 0 Å². The van der Waals surface area contributed by atoms with Crippen LogP contribution in [0.1, 0.15) is 58.2 Å². The SMILES string of the molecule is CC(C)(C)c1ccnc(-n2c3cc(Oc4cccc(N5CN(C(C)(C)C)C(c6ccccc6)=C5c5ccccc5)c4)ccc3c3c4oc5ccccc5c4ccc32)c1. The van der Waals surface area contributed by atoms with Crippen LogP contribution in [-0.4, -0.2) is 26.7 Å². The van der Waals surface area contributed by atoms with E-state index in [-0.39, 0.29) is 11.0 Å². The van der Waals surface area contributed by atoms with Crippen molar-refractivity contribution in [2.45, 2.75) is 52.5 Å². The third-order valence-corrected chi connectivity index (χ3v) is 11.4. The summed E-state index contributed by atoms with van der Waals surface area (Å²) in [7, 11) is 0. The number of fused-ring (bicyclic) bond motifs is 7. The molecule has 6 nitrogen and oxygen atoms in total. The zero-order valence-corrected chi connectivity index (χ0v) is 33.8. The molecule has 6 aromatic carbocycles. The van der Waals surface area contributed by atoms with Crippen molar-refractivity contribution in [1.82, 2.24) is 14.5 Å². The highest BCUT2D eigenvalue weighted by Crippen LogP contribution is 2.46. The summed E-state index contributed by atoms with van der Waals surface area (Å²) in [6, 6.07) is 53.3. The van der Waals surface area contributed by atoms with Crippen LogP contribution >= 0.6 is 0 Å². The number of hydrogen-bond acceptors (Lipinski definition) is 5. The van der Waals surface area contributed by atoms with Gasteiger partial charge in [0.2, 0.25) is 0 Å². The van der Waals surface area contributed by atoms with Crippen LogP contribution in [0.2, 0.25) is 0 Å². The van der Waals surface area contributed by atoms with E-state index in [1.165, 1.54) is 28.1 Å². The highest BCUT2D eigenvalue weighted by atomic mass is 16.5. The topological polar surface area (TPSA) is 46.7 Å². The van der Waals surface area contributed by atoms with E-state index in [1.54, 1.807) is 0 Å². The number of rotatable bonds is 6. The summed E-state index contributed by atoms with van der Waals surface area (Å²) in [4.78, 5) is 9.88. The Labute approximate surface area is 339 Å². The number of furan rings is 1. The fraction of sp³-hybridized carbons (Fsp3) is 0.173. The van der Waals surface area contributed by atoms with E-state index < -0.39 is 0 Å². The largest absolute Gasteiger partial charge is 0.457 e. The highest BCUT2D eigenvalue weighted by Gasteiger charge is 2.37. The molecule has 0 saturated heterocycles. The van der Waals surface area contributed by atoms with E-state index >= 15 is 0 Å². The Hall–Kier alpha value is -6.79. The molecule has 0 bridgehead atoms. The van der Waals surface area contributed by atoms with E-state index in [4.69, 9.17) is 14.1 Å². The van der Waals surface area contributed by atoms with Crippen LogP contribution in [0.15, 0.2) is 162 Å². The van der Waals surface area contributed by atoms with Gasteiger partial charge in [-0.05, 0) is 86.3 Å². The number of anilines is 1. The van der Waals surface area contributed by atoms with Crippen LogP contribution in [0.4, 0.5) is 5.69 Å². The molecule has 1 aliphatic rings. The predicted molar refractivity (Wildman–Crippen MR) is 240 cm³/mol. The molecule has 0 radical (unpaired) electrons. The van der Waals surface area contributed by atoms with Gasteiger partial charge in [0, 0.05) is 56.8 Å². The van der Waals surface area contributed by atoms with Gasteiger partial charge in [-0.15, -0.1) is 0 Å². The van der Waals surface area contributed by atoms with Crippen molar-refractivity contribution in [2.75, 3.05) is 11.6 Å². The molecule has 0 amide bonds. The molecule has 1 aliphatic heterocycles. The molecule has 0 atom stereocenters. The lowest BCUT2D eigenvalue weighted by atomic mass is 9.88. The molecule has 0 N–H and O–H groups in total. The summed E-state index contributed by atoms with van der Waals surface area (Å²) in [5.41, 5.74) is 10.6. The number of para-hydroxylation sites is 1. The molecule has 286 valence electrons. The maximum atomic E-state index is 6.82. The van der Waals surface area contributed by atoms with Gasteiger partial charge in [-0.3, -0.25) is 4.57 Å². The fourth-order valence-corrected chi connectivity index (χ4v) is 8.51. The summed E-state index contributed by atoms with van der Waals surface area (Å²) in [5.74, 6) is 2.35. The summed E-state index contributed by atoms with van der Waals surface area (Å²) >= 11 is 0. The number of pyridine rings is 1. The first-order valence-corrected chi connectivity index (χ1v) is 20.1. The van der Waals surface area contributed by atoms with Crippen LogP contribution in [0.3, 0.4) is 0 Å². The van der Waals surface area contributed by atoms with Gasteiger partial charge in [0.15, 0.2) is 0 Å². The van der Waals surface area contributed by atoms with E-state index in [9.17, 15) is 0 Å². The molecule has 58 heavy (non-hydrogen) atoms. The zero-order chi connectivity index (χ0) is 39.8. The Morgan fingerprint density at radius 3 is 2.02 bits per heavy atom. The minimum absolute atomic E-state index is 0.0432. The fourth-order valence-electron chi connectivity index (χ4n) is 8.51. The quantitative estimate of drug-likeness (QED) is 0.169. The Kier molecular flexibility index (Phi) is 8.24. The molecule has 3 aromatic heterocycles. The smallest absolute Gasteiger partial charge is 0.145 e. The zero-order valence-electron chi connectivity index (χ0n) is 33.8. The van der Waals surface area contributed by atoms with Crippen LogP contribution in [0, 0.1) is 0 Å². The van der Waals surface area contributed by atoms with E-state index in [2.05, 4.69) is 189 Å². The van der Waals surface area contributed by atoms with Crippen molar-refractivity contribution in [1.29, 1.82) is 0 Å². The van der Waals surface area contributed by atoms with Crippen molar-refractivity contribution >= 4 is 60.8 Å². The second kappa shape index (κ2) is 13.4. The van der Waals surface area contributed by atoms with E-state index in [0.717, 1.165) is 66.7 Å². The lowest BCUT2D eigenvalue weighted by molar-refractivity contribution is 0.237. The third-order valence-electron chi connectivity index (χ3n) is 11.4. The van der Waals surface area contributed by atoms with Crippen LogP contribution in [0.5, 0.6) is 11.5 Å². The van der Waals surface area contributed by atoms with Gasteiger partial charge in [0.1, 0.15) is 28.5 Å². The van der Waals surface area contributed by atoms with Crippen LogP contribution in [-0.2, 0) is 5.41 Å². The molecule has 6 heteroatoms. The summed E-state index contributed by atoms with van der Waals surface area (Å²) in [6.45, 7) is 14.3. The first kappa shape index (κ1) is 35.6. The standard InChI is InChI=1S/C52H46N4O2/c1-51(2,3)36-28-29-53-46(30-36)56-43-27-26-41-40-22-13-14-23-45(40)58-50(41)47(43)42-25-24-39(32-44(42)56)57-38-21-15-20-37(31-38)54-33-55(52(4,5)6)49(35-18-11-8-12-19-35)48(54)34-16-9-7-10-17-34/h7-32H,33H2,1-6H3. The number of hydrogen-bond donors (Lipinski definition) is 0. The summed E-state index contributed by atoms with van der Waals surface area (Å²) in [6.07, 6.45) is 1.92. The second-order valence-corrected chi connectivity index (χ2v) is 17.3. The lowest BCUT2D eigenvalue weighted by Gasteiger charge is -2.36. The van der Waals surface area contributed by atoms with Gasteiger partial charge in [-0.2, -0.15) is 0 Å². The van der Waals surface area contributed by atoms with E-state index in [1.807, 2.05) is 24.4 Å². The monoisotopic (exact) mass is 758 g/mol. The van der Waals surface area contributed by atoms with Crippen molar-refractivity contribution < 1.29 is 9.15 Å². The molecular weight excluding hydrogens is 713 g/mol. The van der Waals surface area contributed by atoms with Crippen LogP contribution in [0.25, 0.3) is 61.0 Å². The van der Waals surface area contributed by atoms with Gasteiger partial charge in [0.05, 0.1) is 34.5 Å². The van der Waals surface area contributed by atoms with E-state index in [0.29, 0.717) is 6.67 Å². The van der Waals surface area contributed by atoms with Crippen molar-refractivity contribution in [3.05, 3.63) is 175 Å². The van der Waals surface area contributed by atoms with Gasteiger partial charge < -0.3 is 19.0 Å². The highest BCUT2D eigenvalue weighted by molar-refractivity contribution is 6.24. The van der Waals surface area contributed by atoms with Gasteiger partial charge in [0.25, 0.3) is 0 Å². The molecule has 0 fully saturated rings. The average Bonchev–Trinajstić information content (AvgIpc) is 3.92. The third kappa shape index (κ3) is 5.99. The molecule has 9 aromatic rings. The van der Waals surface area contributed by atoms with Gasteiger partial charge in [-0.25, -0.2) is 4.98 Å². The lowest BCUT2D eigenvalue weighted by Crippen LogP contribution is -2.41. The minimum atomic E-state index is -0.128. The minimum Gasteiger partial charge on any atom is -0.457 e. The average molecular weight is 759 g/mol. The van der Waals surface area contributed by atoms with Crippen molar-refractivity contribution in [3.8, 4) is 17.3 Å². The molecule has 0 unspecified atom stereocenters. The van der Waals surface area contributed by atoms with Gasteiger partial charge in [-0.1, -0.05) is 106 Å². The Morgan fingerprint density at radius 1 is 0.586 bits per heavy atom. The maximum Gasteiger partial charge on any atom is 0.145 e. The molecule has 4 heterocycles. The molecular formula is C52H46N4O2. The number of ether oxygens (including phenoxy) is 1. The normalized spacial score (nSPS) is 13.8. The molecule has 0 saturated carbocycles. The van der Waals surface area contributed by atoms with Gasteiger partial charge >= 0.3 is 0 Å². The molecule has 0 spiro atoms. The second-order valence-electron chi connectivity index (χ2n) is 17.3. The first-order chi connectivity index (χ1) is 28.0. The maximum absolute atomic E-state index is 6.82. The Balaban J connectivity index is 1.11. The number of aromatic nitrogens is 2. The Morgan fingerprint density at radius 2 is 1.28 bits per heavy atom. The Bertz CT molecular complexity index is 3030.